The molecule has 82 valence electrons. The van der Waals surface area contributed by atoms with E-state index in [9.17, 15) is 0 Å². The Labute approximate surface area is 99.6 Å². The van der Waals surface area contributed by atoms with Crippen molar-refractivity contribution in [2.75, 3.05) is 12.8 Å². The quantitative estimate of drug-likeness (QED) is 0.805. The van der Waals surface area contributed by atoms with E-state index in [1.54, 1.807) is 13.2 Å². The fourth-order valence-corrected chi connectivity index (χ4v) is 1.74. The molecule has 0 saturated carbocycles. The molecule has 0 atom stereocenters. The molecule has 0 amide bonds. The third-order valence-corrected chi connectivity index (χ3v) is 2.73. The highest BCUT2D eigenvalue weighted by Crippen LogP contribution is 2.35. The highest BCUT2D eigenvalue weighted by Gasteiger charge is 2.08. The van der Waals surface area contributed by atoms with E-state index in [-0.39, 0.29) is 0 Å². The predicted octanol–water partition coefficient (Wildman–Crippen LogP) is 3.60. The van der Waals surface area contributed by atoms with Crippen LogP contribution in [0.2, 0.25) is 5.02 Å². The number of nitrogens with two attached hydrogens (primary N) is 1. The monoisotopic (exact) mass is 233 g/mol. The van der Waals surface area contributed by atoms with Crippen LogP contribution in [0.25, 0.3) is 11.1 Å². The smallest absolute Gasteiger partial charge is 0.128 e. The minimum Gasteiger partial charge on any atom is -0.496 e. The van der Waals surface area contributed by atoms with Crippen LogP contribution in [0.15, 0.2) is 42.5 Å². The number of ether oxygens (including phenoxy) is 1. The van der Waals surface area contributed by atoms with Crippen LogP contribution in [0, 0.1) is 0 Å². The molecule has 0 bridgehead atoms. The Morgan fingerprint density at radius 1 is 1.12 bits per heavy atom. The molecular formula is C13H12ClNO. The van der Waals surface area contributed by atoms with Gasteiger partial charge in [-0.3, -0.25) is 0 Å². The zero-order valence-corrected chi connectivity index (χ0v) is 9.66. The lowest BCUT2D eigenvalue weighted by Gasteiger charge is -2.10. The average molecular weight is 234 g/mol. The summed E-state index contributed by atoms with van der Waals surface area (Å²) in [6.07, 6.45) is 0. The summed E-state index contributed by atoms with van der Waals surface area (Å²) in [5.41, 5.74) is 8.26. The van der Waals surface area contributed by atoms with Gasteiger partial charge in [-0.15, -0.1) is 0 Å². The summed E-state index contributed by atoms with van der Waals surface area (Å²) in [6.45, 7) is 0. The molecule has 0 aliphatic heterocycles. The molecule has 0 aliphatic carbocycles. The van der Waals surface area contributed by atoms with E-state index in [0.29, 0.717) is 10.7 Å². The van der Waals surface area contributed by atoms with Gasteiger partial charge in [-0.2, -0.15) is 0 Å². The Hall–Kier alpha value is -1.67. The Morgan fingerprint density at radius 2 is 1.81 bits per heavy atom. The van der Waals surface area contributed by atoms with Crippen molar-refractivity contribution in [3.05, 3.63) is 47.5 Å². The van der Waals surface area contributed by atoms with Crippen molar-refractivity contribution in [1.29, 1.82) is 0 Å². The number of anilines is 1. The maximum Gasteiger partial charge on any atom is 0.128 e. The first-order chi connectivity index (χ1) is 7.72. The van der Waals surface area contributed by atoms with Gasteiger partial charge in [0.15, 0.2) is 0 Å². The van der Waals surface area contributed by atoms with Crippen LogP contribution in [0.1, 0.15) is 0 Å². The second kappa shape index (κ2) is 4.45. The normalized spacial score (nSPS) is 10.1. The molecule has 0 heterocycles. The number of nitrogen functional groups attached to an aromatic ring is 1. The van der Waals surface area contributed by atoms with Crippen LogP contribution in [0.4, 0.5) is 5.69 Å². The summed E-state index contributed by atoms with van der Waals surface area (Å²) in [5.74, 6) is 0.730. The van der Waals surface area contributed by atoms with Crippen LogP contribution in [0.3, 0.4) is 0 Å². The highest BCUT2D eigenvalue weighted by molar-refractivity contribution is 6.33. The van der Waals surface area contributed by atoms with Crippen LogP contribution in [0.5, 0.6) is 5.75 Å². The van der Waals surface area contributed by atoms with Crippen LogP contribution >= 0.6 is 11.6 Å². The Bertz CT molecular complexity index is 497. The molecule has 2 N–H and O–H groups in total. The topological polar surface area (TPSA) is 35.2 Å². The van der Waals surface area contributed by atoms with Gasteiger partial charge in [0.05, 0.1) is 17.8 Å². The second-order valence-electron chi connectivity index (χ2n) is 3.44. The van der Waals surface area contributed by atoms with Gasteiger partial charge in [-0.25, -0.2) is 0 Å². The SMILES string of the molecule is COc1cc(N)c(Cl)cc1-c1ccccc1. The molecule has 0 unspecified atom stereocenters. The zero-order chi connectivity index (χ0) is 11.5. The molecule has 3 heteroatoms. The van der Waals surface area contributed by atoms with E-state index < -0.39 is 0 Å². The molecule has 0 aliphatic rings. The Kier molecular flexibility index (Phi) is 3.02. The van der Waals surface area contributed by atoms with Gasteiger partial charge in [0.2, 0.25) is 0 Å². The molecule has 2 aromatic carbocycles. The first-order valence-corrected chi connectivity index (χ1v) is 5.28. The number of hydrogen-bond donors (Lipinski definition) is 1. The standard InChI is InChI=1S/C13H12ClNO/c1-16-13-8-12(15)11(14)7-10(13)9-5-3-2-4-6-9/h2-8H,15H2,1H3. The van der Waals surface area contributed by atoms with E-state index in [0.717, 1.165) is 16.9 Å². The second-order valence-corrected chi connectivity index (χ2v) is 3.85. The molecule has 2 nitrogen and oxygen atoms in total. The van der Waals surface area contributed by atoms with Gasteiger partial charge in [0, 0.05) is 11.6 Å². The van der Waals surface area contributed by atoms with Crippen molar-refractivity contribution in [3.63, 3.8) is 0 Å². The Balaban J connectivity index is 2.60. The zero-order valence-electron chi connectivity index (χ0n) is 8.91. The van der Waals surface area contributed by atoms with Crippen molar-refractivity contribution in [2.24, 2.45) is 0 Å². The van der Waals surface area contributed by atoms with E-state index in [2.05, 4.69) is 0 Å². The summed E-state index contributed by atoms with van der Waals surface area (Å²) in [7, 11) is 1.62. The van der Waals surface area contributed by atoms with Crippen LogP contribution in [-0.2, 0) is 0 Å². The molecule has 16 heavy (non-hydrogen) atoms. The van der Waals surface area contributed by atoms with Gasteiger partial charge in [0.1, 0.15) is 5.75 Å². The third-order valence-electron chi connectivity index (χ3n) is 2.40. The van der Waals surface area contributed by atoms with Crippen molar-refractivity contribution in [3.8, 4) is 16.9 Å². The summed E-state index contributed by atoms with van der Waals surface area (Å²) >= 11 is 6.01. The maximum absolute atomic E-state index is 6.01. The van der Waals surface area contributed by atoms with Crippen LogP contribution in [-0.4, -0.2) is 7.11 Å². The fraction of sp³-hybridized carbons (Fsp3) is 0.0769. The van der Waals surface area contributed by atoms with E-state index >= 15 is 0 Å². The molecule has 0 radical (unpaired) electrons. The van der Waals surface area contributed by atoms with Crippen molar-refractivity contribution >= 4 is 17.3 Å². The molecule has 0 saturated heterocycles. The lowest BCUT2D eigenvalue weighted by Crippen LogP contribution is -1.92. The number of hydrogen-bond acceptors (Lipinski definition) is 2. The minimum atomic E-state index is 0.526. The Morgan fingerprint density at radius 3 is 2.44 bits per heavy atom. The lowest BCUT2D eigenvalue weighted by atomic mass is 10.0. The highest BCUT2D eigenvalue weighted by atomic mass is 35.5. The molecule has 0 spiro atoms. The van der Waals surface area contributed by atoms with E-state index in [4.69, 9.17) is 22.1 Å². The number of benzene rings is 2. The molecule has 0 aromatic heterocycles. The average Bonchev–Trinajstić information content (AvgIpc) is 2.33. The fourth-order valence-electron chi connectivity index (χ4n) is 1.58. The lowest BCUT2D eigenvalue weighted by molar-refractivity contribution is 0.416. The van der Waals surface area contributed by atoms with Crippen molar-refractivity contribution < 1.29 is 4.74 Å². The van der Waals surface area contributed by atoms with E-state index in [1.165, 1.54) is 0 Å². The molecule has 0 fully saturated rings. The van der Waals surface area contributed by atoms with Gasteiger partial charge < -0.3 is 10.5 Å². The summed E-state index contributed by atoms with van der Waals surface area (Å²) in [6, 6.07) is 13.5. The minimum absolute atomic E-state index is 0.526. The summed E-state index contributed by atoms with van der Waals surface area (Å²) < 4.78 is 5.30. The first-order valence-electron chi connectivity index (χ1n) is 4.91. The van der Waals surface area contributed by atoms with Gasteiger partial charge >= 0.3 is 0 Å². The maximum atomic E-state index is 6.01. The van der Waals surface area contributed by atoms with E-state index in [1.807, 2.05) is 36.4 Å². The third kappa shape index (κ3) is 1.97. The molecule has 2 rings (SSSR count). The number of methoxy groups -OCH3 is 1. The van der Waals surface area contributed by atoms with Crippen molar-refractivity contribution in [1.82, 2.24) is 0 Å². The largest absolute Gasteiger partial charge is 0.496 e. The van der Waals surface area contributed by atoms with Gasteiger partial charge in [0.25, 0.3) is 0 Å². The van der Waals surface area contributed by atoms with Crippen molar-refractivity contribution in [2.45, 2.75) is 0 Å². The number of halogens is 1. The molecular weight excluding hydrogens is 222 g/mol. The predicted molar refractivity (Wildman–Crippen MR) is 67.9 cm³/mol. The number of rotatable bonds is 2. The van der Waals surface area contributed by atoms with Gasteiger partial charge in [-0.05, 0) is 11.6 Å². The van der Waals surface area contributed by atoms with Gasteiger partial charge in [-0.1, -0.05) is 41.9 Å². The summed E-state index contributed by atoms with van der Waals surface area (Å²) in [4.78, 5) is 0. The van der Waals surface area contributed by atoms with Crippen LogP contribution < -0.4 is 10.5 Å². The first kappa shape index (κ1) is 10.8. The molecule has 2 aromatic rings. The summed E-state index contributed by atoms with van der Waals surface area (Å²) in [5, 5.41) is 0.541.